The molecule has 0 spiro atoms. The van der Waals surface area contributed by atoms with Crippen LogP contribution in [0.25, 0.3) is 0 Å². The van der Waals surface area contributed by atoms with Crippen molar-refractivity contribution < 1.29 is 27.8 Å². The normalized spacial score (nSPS) is 10.6. The van der Waals surface area contributed by atoms with Gasteiger partial charge in [-0.3, -0.25) is 14.9 Å². The number of alkyl halides is 2. The first-order chi connectivity index (χ1) is 12.0. The van der Waals surface area contributed by atoms with Crippen LogP contribution in [0, 0.1) is 0 Å². The molecule has 11 heteroatoms. The Kier molecular flexibility index (Phi) is 7.07. The molecule has 1 heterocycles. The van der Waals surface area contributed by atoms with Crippen molar-refractivity contribution in [3.8, 4) is 5.75 Å². The first-order valence-corrected chi connectivity index (χ1v) is 8.77. The van der Waals surface area contributed by atoms with E-state index in [0.717, 1.165) is 23.1 Å². The summed E-state index contributed by atoms with van der Waals surface area (Å²) in [5.74, 6) is -1.21. The van der Waals surface area contributed by atoms with E-state index < -0.39 is 12.5 Å². The number of aromatic nitrogens is 2. The highest BCUT2D eigenvalue weighted by Gasteiger charge is 2.17. The van der Waals surface area contributed by atoms with Crippen molar-refractivity contribution in [1.29, 1.82) is 0 Å². The summed E-state index contributed by atoms with van der Waals surface area (Å²) in [7, 11) is 0. The van der Waals surface area contributed by atoms with Crippen LogP contribution in [0.2, 0.25) is 0 Å². The molecule has 1 N–H and O–H groups in total. The first kappa shape index (κ1) is 19.1. The molecule has 2 rings (SSSR count). The van der Waals surface area contributed by atoms with E-state index >= 15 is 0 Å². The van der Waals surface area contributed by atoms with Gasteiger partial charge in [-0.25, -0.2) is 0 Å². The highest BCUT2D eigenvalue weighted by atomic mass is 32.2. The number of esters is 1. The number of nitrogens with zero attached hydrogens (tertiary/aromatic N) is 2. The molecule has 0 aliphatic carbocycles. The summed E-state index contributed by atoms with van der Waals surface area (Å²) >= 11 is 2.17. The second-order valence-electron chi connectivity index (χ2n) is 4.30. The number of rotatable bonds is 8. The maximum absolute atomic E-state index is 12.4. The third-order valence-electron chi connectivity index (χ3n) is 2.59. The molecule has 25 heavy (non-hydrogen) atoms. The van der Waals surface area contributed by atoms with Crippen LogP contribution in [0.5, 0.6) is 5.75 Å². The Bertz CT molecular complexity index is 742. The molecule has 1 amide bonds. The van der Waals surface area contributed by atoms with Gasteiger partial charge in [-0.15, -0.1) is 10.2 Å². The molecular weight excluding hydrogens is 376 g/mol. The van der Waals surface area contributed by atoms with E-state index in [2.05, 4.69) is 20.3 Å². The zero-order valence-corrected chi connectivity index (χ0v) is 14.5. The predicted octanol–water partition coefficient (Wildman–Crippen LogP) is 3.05. The number of carbonyl (C=O) groups excluding carboxylic acids is 2. The van der Waals surface area contributed by atoms with Gasteiger partial charge in [0.2, 0.25) is 5.13 Å². The Balaban J connectivity index is 1.99. The lowest BCUT2D eigenvalue weighted by molar-refractivity contribution is -0.139. The summed E-state index contributed by atoms with van der Waals surface area (Å²) in [6, 6.07) is 5.61. The smallest absolute Gasteiger partial charge is 0.387 e. The fraction of sp³-hybridized carbons (Fsp3) is 0.286. The molecule has 0 aliphatic heterocycles. The van der Waals surface area contributed by atoms with Crippen LogP contribution < -0.4 is 10.1 Å². The highest BCUT2D eigenvalue weighted by molar-refractivity contribution is 8.01. The van der Waals surface area contributed by atoms with Crippen molar-refractivity contribution >= 4 is 40.1 Å². The van der Waals surface area contributed by atoms with Crippen LogP contribution in [0.4, 0.5) is 13.9 Å². The van der Waals surface area contributed by atoms with E-state index in [9.17, 15) is 18.4 Å². The van der Waals surface area contributed by atoms with Gasteiger partial charge < -0.3 is 9.47 Å². The molecule has 0 atom stereocenters. The monoisotopic (exact) mass is 389 g/mol. The van der Waals surface area contributed by atoms with Crippen molar-refractivity contribution in [2.75, 3.05) is 17.7 Å². The number of hydrogen-bond acceptors (Lipinski definition) is 8. The molecule has 0 unspecified atom stereocenters. The number of para-hydroxylation sites is 1. The SMILES string of the molecule is CCOC(=O)CSc1nnc(NC(=O)c2ccccc2OC(F)F)s1. The molecule has 0 bridgehead atoms. The molecule has 0 saturated carbocycles. The standard InChI is InChI=1S/C14H13F2N3O4S2/c1-2-22-10(20)7-24-14-19-18-13(25-14)17-11(21)8-5-3-4-6-9(8)23-12(15)16/h3-6,12H,2,7H2,1H3,(H,17,18,21). The van der Waals surface area contributed by atoms with E-state index in [0.29, 0.717) is 4.34 Å². The van der Waals surface area contributed by atoms with Crippen LogP contribution >= 0.6 is 23.1 Å². The molecule has 1 aromatic carbocycles. The van der Waals surface area contributed by atoms with E-state index in [1.165, 1.54) is 24.3 Å². The second kappa shape index (κ2) is 9.28. The molecule has 134 valence electrons. The minimum absolute atomic E-state index is 0.0567. The Morgan fingerprint density at radius 3 is 2.80 bits per heavy atom. The van der Waals surface area contributed by atoms with E-state index in [1.54, 1.807) is 6.92 Å². The number of carbonyl (C=O) groups is 2. The summed E-state index contributed by atoms with van der Waals surface area (Å²) in [5.41, 5.74) is -0.0567. The van der Waals surface area contributed by atoms with Crippen LogP contribution in [0.1, 0.15) is 17.3 Å². The maximum Gasteiger partial charge on any atom is 0.387 e. The summed E-state index contributed by atoms with van der Waals surface area (Å²) in [4.78, 5) is 23.5. The summed E-state index contributed by atoms with van der Waals surface area (Å²) < 4.78 is 34.3. The fourth-order valence-electron chi connectivity index (χ4n) is 1.66. The van der Waals surface area contributed by atoms with E-state index in [4.69, 9.17) is 4.74 Å². The number of thioether (sulfide) groups is 1. The van der Waals surface area contributed by atoms with Gasteiger partial charge in [0.15, 0.2) is 4.34 Å². The van der Waals surface area contributed by atoms with E-state index in [1.807, 2.05) is 0 Å². The Morgan fingerprint density at radius 1 is 1.32 bits per heavy atom. The molecule has 0 aliphatic rings. The van der Waals surface area contributed by atoms with Crippen LogP contribution in [-0.2, 0) is 9.53 Å². The third kappa shape index (κ3) is 5.94. The molecule has 1 aromatic heterocycles. The zero-order valence-electron chi connectivity index (χ0n) is 12.9. The number of halogens is 2. The third-order valence-corrected chi connectivity index (χ3v) is 4.54. The average Bonchev–Trinajstić information content (AvgIpc) is 3.00. The van der Waals surface area contributed by atoms with Gasteiger partial charge in [0.1, 0.15) is 5.75 Å². The molecule has 0 saturated heterocycles. The molecule has 2 aromatic rings. The lowest BCUT2D eigenvalue weighted by Crippen LogP contribution is -2.14. The van der Waals surface area contributed by atoms with Crippen molar-refractivity contribution in [3.05, 3.63) is 29.8 Å². The summed E-state index contributed by atoms with van der Waals surface area (Å²) in [5, 5.41) is 10.2. The van der Waals surface area contributed by atoms with Gasteiger partial charge in [0.05, 0.1) is 17.9 Å². The van der Waals surface area contributed by atoms with Gasteiger partial charge in [-0.05, 0) is 19.1 Å². The van der Waals surface area contributed by atoms with Crippen molar-refractivity contribution in [3.63, 3.8) is 0 Å². The molecular formula is C14H13F2N3O4S2. The summed E-state index contributed by atoms with van der Waals surface area (Å²) in [6.45, 7) is -1.05. The Hall–Kier alpha value is -2.27. The number of hydrogen-bond donors (Lipinski definition) is 1. The Labute approximate surface area is 149 Å². The number of anilines is 1. The number of benzene rings is 1. The fourth-order valence-corrected chi connectivity index (χ4v) is 3.20. The largest absolute Gasteiger partial charge is 0.465 e. The Morgan fingerprint density at radius 2 is 2.08 bits per heavy atom. The predicted molar refractivity (Wildman–Crippen MR) is 88.3 cm³/mol. The van der Waals surface area contributed by atoms with Gasteiger partial charge in [0, 0.05) is 0 Å². The molecule has 0 radical (unpaired) electrons. The minimum Gasteiger partial charge on any atom is -0.465 e. The number of amides is 1. The lowest BCUT2D eigenvalue weighted by Gasteiger charge is -2.09. The summed E-state index contributed by atoms with van der Waals surface area (Å²) in [6.07, 6.45) is 0. The van der Waals surface area contributed by atoms with Crippen molar-refractivity contribution in [2.45, 2.75) is 17.9 Å². The highest BCUT2D eigenvalue weighted by Crippen LogP contribution is 2.27. The van der Waals surface area contributed by atoms with Crippen molar-refractivity contribution in [1.82, 2.24) is 10.2 Å². The first-order valence-electron chi connectivity index (χ1n) is 6.96. The number of nitrogens with one attached hydrogen (secondary N) is 1. The van der Waals surface area contributed by atoms with Gasteiger partial charge in [-0.2, -0.15) is 8.78 Å². The van der Waals surface area contributed by atoms with Crippen LogP contribution in [0.3, 0.4) is 0 Å². The number of ether oxygens (including phenoxy) is 2. The average molecular weight is 389 g/mol. The van der Waals surface area contributed by atoms with E-state index in [-0.39, 0.29) is 34.8 Å². The topological polar surface area (TPSA) is 90.4 Å². The van der Waals surface area contributed by atoms with Crippen LogP contribution in [0.15, 0.2) is 28.6 Å². The van der Waals surface area contributed by atoms with Crippen LogP contribution in [-0.4, -0.2) is 41.0 Å². The molecule has 7 nitrogen and oxygen atoms in total. The lowest BCUT2D eigenvalue weighted by atomic mass is 10.2. The van der Waals surface area contributed by atoms with Gasteiger partial charge in [-0.1, -0.05) is 35.2 Å². The van der Waals surface area contributed by atoms with Crippen molar-refractivity contribution in [2.24, 2.45) is 0 Å². The maximum atomic E-state index is 12.4. The van der Waals surface area contributed by atoms with Gasteiger partial charge >= 0.3 is 12.6 Å². The minimum atomic E-state index is -3.04. The second-order valence-corrected chi connectivity index (χ2v) is 6.50. The quantitative estimate of drug-likeness (QED) is 0.422. The molecule has 0 fully saturated rings. The van der Waals surface area contributed by atoms with Gasteiger partial charge in [0.25, 0.3) is 5.91 Å². The zero-order chi connectivity index (χ0) is 18.2.